The van der Waals surface area contributed by atoms with Crippen molar-refractivity contribution >= 4 is 29.1 Å². The number of hydrogen-bond donors (Lipinski definition) is 2. The van der Waals surface area contributed by atoms with Gasteiger partial charge in [0.05, 0.1) is 7.11 Å². The molecule has 2 rings (SSSR count). The molecule has 1 atom stereocenters. The number of hydrogen-bond acceptors (Lipinski definition) is 3. The molecule has 0 heterocycles. The summed E-state index contributed by atoms with van der Waals surface area (Å²) in [6.07, 6.45) is 0. The Bertz CT molecular complexity index is 616. The van der Waals surface area contributed by atoms with E-state index in [9.17, 15) is 4.79 Å². The Balaban J connectivity index is 0.00000220. The molecule has 0 aliphatic heterocycles. The van der Waals surface area contributed by atoms with Crippen LogP contribution in [0.5, 0.6) is 5.75 Å². The second kappa shape index (κ2) is 7.86. The highest BCUT2D eigenvalue weighted by atomic mass is 35.5. The molecule has 1 unspecified atom stereocenters. The summed E-state index contributed by atoms with van der Waals surface area (Å²) in [5.41, 5.74) is 6.54. The van der Waals surface area contributed by atoms with Crippen LogP contribution in [0.2, 0.25) is 0 Å². The van der Waals surface area contributed by atoms with Gasteiger partial charge in [-0.25, -0.2) is 0 Å². The third-order valence-electron chi connectivity index (χ3n) is 3.38. The molecule has 1 amide bonds. The van der Waals surface area contributed by atoms with E-state index in [-0.39, 0.29) is 24.2 Å². The number of nitrogens with two attached hydrogens (primary N) is 1. The lowest BCUT2D eigenvalue weighted by Gasteiger charge is -2.10. The second-order valence-corrected chi connectivity index (χ2v) is 4.90. The van der Waals surface area contributed by atoms with Gasteiger partial charge in [0.1, 0.15) is 5.75 Å². The molecule has 0 saturated heterocycles. The summed E-state index contributed by atoms with van der Waals surface area (Å²) in [7, 11) is 1.66. The molecule has 4 nitrogen and oxygen atoms in total. The average Bonchev–Trinajstić information content (AvgIpc) is 2.50. The van der Waals surface area contributed by atoms with Gasteiger partial charge in [0, 0.05) is 19.0 Å². The Morgan fingerprint density at radius 1 is 1.24 bits per heavy atom. The van der Waals surface area contributed by atoms with E-state index in [1.807, 2.05) is 37.3 Å². The first-order valence-corrected chi connectivity index (χ1v) is 6.68. The van der Waals surface area contributed by atoms with Crippen molar-refractivity contribution < 1.29 is 9.53 Å². The first-order valence-electron chi connectivity index (χ1n) is 6.68. The molecular weight excluding hydrogens is 288 g/mol. The van der Waals surface area contributed by atoms with Gasteiger partial charge < -0.3 is 15.8 Å². The number of carbonyl (C=O) groups excluding carboxylic acids is 1. The zero-order valence-corrected chi connectivity index (χ0v) is 13.1. The van der Waals surface area contributed by atoms with Gasteiger partial charge in [-0.05, 0) is 34.5 Å². The molecule has 114 valence electrons. The van der Waals surface area contributed by atoms with Crippen molar-refractivity contribution in [3.05, 3.63) is 42.0 Å². The fraction of sp³-hybridized carbons (Fsp3) is 0.312. The van der Waals surface area contributed by atoms with Gasteiger partial charge >= 0.3 is 0 Å². The zero-order chi connectivity index (χ0) is 14.5. The van der Waals surface area contributed by atoms with E-state index in [0.29, 0.717) is 13.1 Å². The van der Waals surface area contributed by atoms with Crippen molar-refractivity contribution in [1.82, 2.24) is 5.32 Å². The van der Waals surface area contributed by atoms with Crippen molar-refractivity contribution in [3.63, 3.8) is 0 Å². The second-order valence-electron chi connectivity index (χ2n) is 4.90. The maximum absolute atomic E-state index is 11.7. The average molecular weight is 309 g/mol. The highest BCUT2D eigenvalue weighted by Gasteiger charge is 2.09. The highest BCUT2D eigenvalue weighted by Crippen LogP contribution is 2.21. The summed E-state index contributed by atoms with van der Waals surface area (Å²) in [5.74, 6) is 0.678. The van der Waals surface area contributed by atoms with E-state index >= 15 is 0 Å². The smallest absolute Gasteiger partial charge is 0.224 e. The van der Waals surface area contributed by atoms with Gasteiger partial charge in [-0.2, -0.15) is 0 Å². The van der Waals surface area contributed by atoms with Crippen LogP contribution in [0.4, 0.5) is 0 Å². The first kappa shape index (κ1) is 17.3. The Morgan fingerprint density at radius 3 is 2.57 bits per heavy atom. The standard InChI is InChI=1S/C16H20N2O2.ClH/c1-11(9-17)16(19)18-10-12-3-4-14-8-15(20-2)6-5-13(14)7-12;/h3-8,11H,9-10,17H2,1-2H3,(H,18,19);1H. The molecule has 0 aromatic heterocycles. The largest absolute Gasteiger partial charge is 0.497 e. The quantitative estimate of drug-likeness (QED) is 0.892. The van der Waals surface area contributed by atoms with Crippen molar-refractivity contribution in [1.29, 1.82) is 0 Å². The van der Waals surface area contributed by atoms with Crippen LogP contribution in [-0.4, -0.2) is 19.6 Å². The lowest BCUT2D eigenvalue weighted by atomic mass is 10.1. The number of carbonyl (C=O) groups is 1. The van der Waals surface area contributed by atoms with E-state index in [0.717, 1.165) is 22.1 Å². The summed E-state index contributed by atoms with van der Waals surface area (Å²) >= 11 is 0. The number of rotatable bonds is 5. The van der Waals surface area contributed by atoms with Crippen molar-refractivity contribution in [2.45, 2.75) is 13.5 Å². The van der Waals surface area contributed by atoms with Crippen LogP contribution in [0.25, 0.3) is 10.8 Å². The Labute approximate surface area is 131 Å². The molecule has 0 radical (unpaired) electrons. The molecule has 0 spiro atoms. The highest BCUT2D eigenvalue weighted by molar-refractivity contribution is 5.85. The van der Waals surface area contributed by atoms with E-state index in [1.54, 1.807) is 7.11 Å². The van der Waals surface area contributed by atoms with Crippen LogP contribution < -0.4 is 15.8 Å². The van der Waals surface area contributed by atoms with E-state index in [2.05, 4.69) is 11.4 Å². The monoisotopic (exact) mass is 308 g/mol. The summed E-state index contributed by atoms with van der Waals surface area (Å²) in [6, 6.07) is 12.1. The number of methoxy groups -OCH3 is 1. The van der Waals surface area contributed by atoms with E-state index < -0.39 is 0 Å². The SMILES string of the molecule is COc1ccc2cc(CNC(=O)C(C)CN)ccc2c1.Cl. The molecule has 2 aromatic carbocycles. The molecule has 0 aliphatic rings. The third-order valence-corrected chi connectivity index (χ3v) is 3.38. The van der Waals surface area contributed by atoms with Gasteiger partial charge in [-0.3, -0.25) is 4.79 Å². The number of benzene rings is 2. The maximum Gasteiger partial charge on any atom is 0.224 e. The zero-order valence-electron chi connectivity index (χ0n) is 12.3. The molecule has 0 saturated carbocycles. The van der Waals surface area contributed by atoms with Crippen molar-refractivity contribution in [2.24, 2.45) is 11.7 Å². The first-order chi connectivity index (χ1) is 9.63. The predicted octanol–water partition coefficient (Wildman–Crippen LogP) is 2.48. The third kappa shape index (κ3) is 4.34. The van der Waals surface area contributed by atoms with Gasteiger partial charge in [-0.15, -0.1) is 12.4 Å². The lowest BCUT2D eigenvalue weighted by molar-refractivity contribution is -0.124. The molecule has 2 aromatic rings. The van der Waals surface area contributed by atoms with Gasteiger partial charge in [0.2, 0.25) is 5.91 Å². The van der Waals surface area contributed by atoms with Crippen LogP contribution in [0.1, 0.15) is 12.5 Å². The molecule has 5 heteroatoms. The predicted molar refractivity (Wildman–Crippen MR) is 87.8 cm³/mol. The number of ether oxygens (including phenoxy) is 1. The molecule has 0 aliphatic carbocycles. The van der Waals surface area contributed by atoms with Crippen LogP contribution >= 0.6 is 12.4 Å². The Kier molecular flexibility index (Phi) is 6.46. The number of fused-ring (bicyclic) bond motifs is 1. The van der Waals surface area contributed by atoms with Crippen molar-refractivity contribution in [2.75, 3.05) is 13.7 Å². The molecule has 0 fully saturated rings. The minimum Gasteiger partial charge on any atom is -0.497 e. The number of halogens is 1. The lowest BCUT2D eigenvalue weighted by Crippen LogP contribution is -2.32. The minimum atomic E-state index is -0.153. The Morgan fingerprint density at radius 2 is 1.90 bits per heavy atom. The summed E-state index contributed by atoms with van der Waals surface area (Å²) in [6.45, 7) is 2.70. The normalized spacial score (nSPS) is 11.6. The minimum absolute atomic E-state index is 0. The van der Waals surface area contributed by atoms with E-state index in [1.165, 1.54) is 0 Å². The number of amides is 1. The van der Waals surface area contributed by atoms with Gasteiger partial charge in [0.15, 0.2) is 0 Å². The maximum atomic E-state index is 11.7. The van der Waals surface area contributed by atoms with Crippen LogP contribution in [-0.2, 0) is 11.3 Å². The van der Waals surface area contributed by atoms with Gasteiger partial charge in [-0.1, -0.05) is 25.1 Å². The molecular formula is C16H21ClN2O2. The Hall–Kier alpha value is -1.78. The molecule has 0 bridgehead atoms. The summed E-state index contributed by atoms with van der Waals surface area (Å²) < 4.78 is 5.20. The molecule has 21 heavy (non-hydrogen) atoms. The number of nitrogens with one attached hydrogen (secondary N) is 1. The van der Waals surface area contributed by atoms with Crippen LogP contribution in [0, 0.1) is 5.92 Å². The van der Waals surface area contributed by atoms with Gasteiger partial charge in [0.25, 0.3) is 0 Å². The summed E-state index contributed by atoms with van der Waals surface area (Å²) in [4.78, 5) is 11.7. The topological polar surface area (TPSA) is 64.3 Å². The summed E-state index contributed by atoms with van der Waals surface area (Å²) in [5, 5.41) is 5.14. The van der Waals surface area contributed by atoms with Crippen LogP contribution in [0.3, 0.4) is 0 Å². The van der Waals surface area contributed by atoms with Crippen molar-refractivity contribution in [3.8, 4) is 5.75 Å². The van der Waals surface area contributed by atoms with Crippen LogP contribution in [0.15, 0.2) is 36.4 Å². The molecule has 3 N–H and O–H groups in total. The van der Waals surface area contributed by atoms with E-state index in [4.69, 9.17) is 10.5 Å². The fourth-order valence-corrected chi connectivity index (χ4v) is 1.98. The fourth-order valence-electron chi connectivity index (χ4n) is 1.98.